The topological polar surface area (TPSA) is 110 Å². The largest absolute Gasteiger partial charge is 0.484 e. The summed E-state index contributed by atoms with van der Waals surface area (Å²) in [6.45, 7) is -0.204. The summed E-state index contributed by atoms with van der Waals surface area (Å²) in [4.78, 5) is 30.1. The molecule has 1 heterocycles. The van der Waals surface area contributed by atoms with Crippen LogP contribution in [0.4, 0.5) is 5.95 Å². The molecular formula is C16H14N4O3. The van der Waals surface area contributed by atoms with Crippen LogP contribution in [0.3, 0.4) is 0 Å². The van der Waals surface area contributed by atoms with E-state index in [9.17, 15) is 9.59 Å². The Hall–Kier alpha value is -3.35. The number of fused-ring (bicyclic) bond motifs is 1. The molecule has 0 saturated carbocycles. The molecular weight excluding hydrogens is 296 g/mol. The monoisotopic (exact) mass is 310 g/mol. The van der Waals surface area contributed by atoms with Crippen molar-refractivity contribution in [1.82, 2.24) is 9.97 Å². The fourth-order valence-electron chi connectivity index (χ4n) is 2.05. The third-order valence-corrected chi connectivity index (χ3v) is 3.12. The van der Waals surface area contributed by atoms with Crippen LogP contribution in [0.2, 0.25) is 0 Å². The van der Waals surface area contributed by atoms with Gasteiger partial charge < -0.3 is 15.5 Å². The molecule has 3 aromatic rings. The second-order valence-electron chi connectivity index (χ2n) is 4.84. The maximum atomic E-state index is 12.2. The van der Waals surface area contributed by atoms with Gasteiger partial charge in [0.05, 0.1) is 11.0 Å². The maximum Gasteiger partial charge on any atom is 0.257 e. The van der Waals surface area contributed by atoms with Crippen molar-refractivity contribution in [3.63, 3.8) is 0 Å². The Labute approximate surface area is 131 Å². The van der Waals surface area contributed by atoms with E-state index >= 15 is 0 Å². The van der Waals surface area contributed by atoms with E-state index in [0.29, 0.717) is 17.3 Å². The lowest BCUT2D eigenvalue weighted by Crippen LogP contribution is -2.20. The zero-order valence-corrected chi connectivity index (χ0v) is 12.1. The predicted molar refractivity (Wildman–Crippen MR) is 85.2 cm³/mol. The smallest absolute Gasteiger partial charge is 0.257 e. The number of para-hydroxylation sites is 2. The number of carbonyl (C=O) groups excluding carboxylic acids is 2. The van der Waals surface area contributed by atoms with Gasteiger partial charge in [0.1, 0.15) is 5.75 Å². The number of nitrogens with two attached hydrogens (primary N) is 1. The maximum absolute atomic E-state index is 12.2. The number of anilines is 1. The Morgan fingerprint density at radius 3 is 2.57 bits per heavy atom. The molecule has 0 atom stereocenters. The summed E-state index contributed by atoms with van der Waals surface area (Å²) in [7, 11) is 0. The van der Waals surface area contributed by atoms with Gasteiger partial charge in [-0.05, 0) is 36.4 Å². The van der Waals surface area contributed by atoms with Crippen LogP contribution in [0, 0.1) is 0 Å². The van der Waals surface area contributed by atoms with Crippen molar-refractivity contribution in [2.24, 2.45) is 5.73 Å². The van der Waals surface area contributed by atoms with Gasteiger partial charge >= 0.3 is 0 Å². The third-order valence-electron chi connectivity index (χ3n) is 3.12. The van der Waals surface area contributed by atoms with Gasteiger partial charge in [-0.25, -0.2) is 4.98 Å². The van der Waals surface area contributed by atoms with E-state index in [1.54, 1.807) is 24.3 Å². The molecule has 0 unspecified atom stereocenters. The van der Waals surface area contributed by atoms with E-state index in [4.69, 9.17) is 10.5 Å². The highest BCUT2D eigenvalue weighted by atomic mass is 16.5. The minimum atomic E-state index is -0.559. The van der Waals surface area contributed by atoms with Crippen LogP contribution in [0.1, 0.15) is 10.4 Å². The highest BCUT2D eigenvalue weighted by Crippen LogP contribution is 2.16. The van der Waals surface area contributed by atoms with Gasteiger partial charge in [0, 0.05) is 5.56 Å². The molecule has 1 aromatic heterocycles. The fourth-order valence-corrected chi connectivity index (χ4v) is 2.05. The Bertz CT molecular complexity index is 822. The van der Waals surface area contributed by atoms with E-state index < -0.39 is 5.91 Å². The van der Waals surface area contributed by atoms with Crippen molar-refractivity contribution < 1.29 is 14.3 Å². The number of hydrogen-bond donors (Lipinski definition) is 3. The molecule has 3 rings (SSSR count). The van der Waals surface area contributed by atoms with Gasteiger partial charge in [0.2, 0.25) is 5.95 Å². The van der Waals surface area contributed by atoms with E-state index in [2.05, 4.69) is 15.3 Å². The van der Waals surface area contributed by atoms with Crippen molar-refractivity contribution in [3.8, 4) is 5.75 Å². The first-order valence-corrected chi connectivity index (χ1v) is 6.89. The number of ether oxygens (including phenoxy) is 1. The van der Waals surface area contributed by atoms with Crippen LogP contribution in [0.25, 0.3) is 11.0 Å². The molecule has 2 aromatic carbocycles. The van der Waals surface area contributed by atoms with Gasteiger partial charge in [0.25, 0.3) is 11.8 Å². The first-order valence-electron chi connectivity index (χ1n) is 6.89. The number of aromatic amines is 1. The van der Waals surface area contributed by atoms with Crippen molar-refractivity contribution in [3.05, 3.63) is 54.1 Å². The minimum absolute atomic E-state index is 0.204. The molecule has 7 heteroatoms. The van der Waals surface area contributed by atoms with Gasteiger partial charge in [-0.1, -0.05) is 12.1 Å². The number of nitrogens with one attached hydrogen (secondary N) is 2. The number of hydrogen-bond acceptors (Lipinski definition) is 4. The number of rotatable bonds is 5. The van der Waals surface area contributed by atoms with E-state index in [1.807, 2.05) is 24.3 Å². The number of primary amides is 1. The molecule has 0 aliphatic heterocycles. The molecule has 0 spiro atoms. The summed E-state index contributed by atoms with van der Waals surface area (Å²) in [6.07, 6.45) is 0. The summed E-state index contributed by atoms with van der Waals surface area (Å²) in [6, 6.07) is 13.9. The number of benzene rings is 2. The lowest BCUT2D eigenvalue weighted by Gasteiger charge is -2.05. The Morgan fingerprint density at radius 2 is 1.87 bits per heavy atom. The number of H-pyrrole nitrogens is 1. The second kappa shape index (κ2) is 6.18. The SMILES string of the molecule is NC(=O)COc1ccc(C(=O)Nc2nc3ccccc3[nH]2)cc1. The number of amides is 2. The highest BCUT2D eigenvalue weighted by Gasteiger charge is 2.09. The molecule has 116 valence electrons. The number of imidazole rings is 1. The highest BCUT2D eigenvalue weighted by molar-refractivity contribution is 6.04. The average molecular weight is 310 g/mol. The molecule has 0 radical (unpaired) electrons. The Balaban J connectivity index is 1.69. The van der Waals surface area contributed by atoms with E-state index in [-0.39, 0.29) is 12.5 Å². The standard InChI is InChI=1S/C16H14N4O3/c17-14(21)9-23-11-7-5-10(6-8-11)15(22)20-16-18-12-3-1-2-4-13(12)19-16/h1-8H,9H2,(H2,17,21)(H2,18,19,20,22). The molecule has 0 bridgehead atoms. The zero-order chi connectivity index (χ0) is 16.2. The van der Waals surface area contributed by atoms with Crippen LogP contribution in [0.5, 0.6) is 5.75 Å². The van der Waals surface area contributed by atoms with Crippen molar-refractivity contribution in [2.75, 3.05) is 11.9 Å². The summed E-state index contributed by atoms with van der Waals surface area (Å²) < 4.78 is 5.14. The molecule has 4 N–H and O–H groups in total. The fraction of sp³-hybridized carbons (Fsp3) is 0.0625. The molecule has 0 fully saturated rings. The number of aromatic nitrogens is 2. The molecule has 23 heavy (non-hydrogen) atoms. The van der Waals surface area contributed by atoms with E-state index in [1.165, 1.54) is 0 Å². The summed E-state index contributed by atoms with van der Waals surface area (Å²) >= 11 is 0. The van der Waals surface area contributed by atoms with Gasteiger partial charge in [-0.15, -0.1) is 0 Å². The number of carbonyl (C=O) groups is 2. The van der Waals surface area contributed by atoms with Gasteiger partial charge in [-0.3, -0.25) is 14.9 Å². The first kappa shape index (κ1) is 14.6. The van der Waals surface area contributed by atoms with Crippen molar-refractivity contribution in [1.29, 1.82) is 0 Å². The zero-order valence-electron chi connectivity index (χ0n) is 12.1. The third kappa shape index (κ3) is 3.46. The lowest BCUT2D eigenvalue weighted by molar-refractivity contribution is -0.119. The van der Waals surface area contributed by atoms with Gasteiger partial charge in [-0.2, -0.15) is 0 Å². The molecule has 0 aliphatic rings. The van der Waals surface area contributed by atoms with Crippen LogP contribution in [-0.2, 0) is 4.79 Å². The molecule has 7 nitrogen and oxygen atoms in total. The molecule has 2 amide bonds. The summed E-state index contributed by atoms with van der Waals surface area (Å²) in [5, 5.41) is 2.70. The van der Waals surface area contributed by atoms with Crippen molar-refractivity contribution >= 4 is 28.8 Å². The summed E-state index contributed by atoms with van der Waals surface area (Å²) in [5.41, 5.74) is 7.06. The molecule has 0 saturated heterocycles. The number of nitrogens with zero attached hydrogens (tertiary/aromatic N) is 1. The molecule has 0 aliphatic carbocycles. The van der Waals surface area contributed by atoms with Crippen LogP contribution >= 0.6 is 0 Å². The lowest BCUT2D eigenvalue weighted by atomic mass is 10.2. The Kier molecular flexibility index (Phi) is 3.92. The first-order chi connectivity index (χ1) is 11.1. The second-order valence-corrected chi connectivity index (χ2v) is 4.84. The summed E-state index contributed by atoms with van der Waals surface area (Å²) in [5.74, 6) is -0.0171. The van der Waals surface area contributed by atoms with Crippen LogP contribution < -0.4 is 15.8 Å². The van der Waals surface area contributed by atoms with E-state index in [0.717, 1.165) is 11.0 Å². The minimum Gasteiger partial charge on any atom is -0.484 e. The normalized spacial score (nSPS) is 10.4. The van der Waals surface area contributed by atoms with Crippen LogP contribution in [-0.4, -0.2) is 28.4 Å². The van der Waals surface area contributed by atoms with Crippen LogP contribution in [0.15, 0.2) is 48.5 Å². The predicted octanol–water partition coefficient (Wildman–Crippen LogP) is 1.68. The Morgan fingerprint density at radius 1 is 1.13 bits per heavy atom. The van der Waals surface area contributed by atoms with Gasteiger partial charge in [0.15, 0.2) is 6.61 Å². The van der Waals surface area contributed by atoms with Crippen molar-refractivity contribution in [2.45, 2.75) is 0 Å². The average Bonchev–Trinajstić information content (AvgIpc) is 2.95. The quantitative estimate of drug-likeness (QED) is 0.666.